The van der Waals surface area contributed by atoms with Crippen LogP contribution in [0, 0.1) is 5.82 Å². The van der Waals surface area contributed by atoms with Crippen molar-refractivity contribution in [1.29, 1.82) is 0 Å². The van der Waals surface area contributed by atoms with Gasteiger partial charge < -0.3 is 5.32 Å². The van der Waals surface area contributed by atoms with Crippen LogP contribution in [0.1, 0.15) is 29.6 Å². The Morgan fingerprint density at radius 1 is 1.08 bits per heavy atom. The summed E-state index contributed by atoms with van der Waals surface area (Å²) in [6.45, 7) is 0.920. The van der Waals surface area contributed by atoms with E-state index in [1.54, 1.807) is 6.07 Å². The number of hydrogen-bond acceptors (Lipinski definition) is 3. The number of nitrogens with one attached hydrogen (secondary N) is 1. The zero-order valence-corrected chi connectivity index (χ0v) is 15.5. The second-order valence-electron chi connectivity index (χ2n) is 6.04. The van der Waals surface area contributed by atoms with Crippen LogP contribution in [0.25, 0.3) is 0 Å². The topological polar surface area (TPSA) is 66.5 Å². The van der Waals surface area contributed by atoms with E-state index in [4.69, 9.17) is 11.6 Å². The number of hydrogen-bond donors (Lipinski definition) is 1. The van der Waals surface area contributed by atoms with Gasteiger partial charge in [-0.05, 0) is 43.2 Å². The van der Waals surface area contributed by atoms with Gasteiger partial charge in [-0.2, -0.15) is 4.31 Å². The molecule has 8 heteroatoms. The highest BCUT2D eigenvalue weighted by Crippen LogP contribution is 2.26. The fourth-order valence-electron chi connectivity index (χ4n) is 2.85. The molecule has 0 spiro atoms. The van der Waals surface area contributed by atoms with Crippen LogP contribution in [-0.2, 0) is 10.0 Å². The highest BCUT2D eigenvalue weighted by atomic mass is 35.5. The number of rotatable bonds is 4. The normalized spacial score (nSPS) is 15.6. The van der Waals surface area contributed by atoms with Crippen LogP contribution >= 0.6 is 11.6 Å². The van der Waals surface area contributed by atoms with Gasteiger partial charge in [-0.15, -0.1) is 0 Å². The molecule has 1 aliphatic heterocycles. The third kappa shape index (κ3) is 3.90. The minimum absolute atomic E-state index is 0.00198. The second kappa shape index (κ2) is 7.73. The number of halogens is 2. The van der Waals surface area contributed by atoms with E-state index in [0.717, 1.165) is 19.3 Å². The molecule has 0 aliphatic carbocycles. The Kier molecular flexibility index (Phi) is 5.60. The summed E-state index contributed by atoms with van der Waals surface area (Å²) in [5.41, 5.74) is -0.0224. The molecule has 0 radical (unpaired) electrons. The molecule has 0 atom stereocenters. The monoisotopic (exact) mass is 396 g/mol. The summed E-state index contributed by atoms with van der Waals surface area (Å²) in [4.78, 5) is 12.5. The standard InChI is InChI=1S/C18H18ClFN2O3S/c19-15-9-8-13(26(24,25)22-10-4-1-5-11-22)12-14(15)18(23)21-17-7-3-2-6-16(17)20/h2-3,6-9,12H,1,4-5,10-11H2,(H,21,23). The molecule has 1 saturated heterocycles. The average Bonchev–Trinajstić information content (AvgIpc) is 2.64. The van der Waals surface area contributed by atoms with Gasteiger partial charge in [0.15, 0.2) is 0 Å². The van der Waals surface area contributed by atoms with Gasteiger partial charge in [-0.3, -0.25) is 4.79 Å². The first-order valence-electron chi connectivity index (χ1n) is 8.25. The number of piperidine rings is 1. The Bertz CT molecular complexity index is 928. The minimum Gasteiger partial charge on any atom is -0.319 e. The highest BCUT2D eigenvalue weighted by Gasteiger charge is 2.27. The van der Waals surface area contributed by atoms with E-state index < -0.39 is 21.7 Å². The first-order valence-corrected chi connectivity index (χ1v) is 10.1. The molecule has 0 saturated carbocycles. The van der Waals surface area contributed by atoms with Crippen LogP contribution in [-0.4, -0.2) is 31.7 Å². The molecule has 2 aromatic carbocycles. The average molecular weight is 397 g/mol. The van der Waals surface area contributed by atoms with Gasteiger partial charge in [-0.1, -0.05) is 30.2 Å². The van der Waals surface area contributed by atoms with Gasteiger partial charge in [0.05, 0.1) is 21.2 Å². The van der Waals surface area contributed by atoms with Crippen molar-refractivity contribution in [3.8, 4) is 0 Å². The molecule has 0 unspecified atom stereocenters. The van der Waals surface area contributed by atoms with Crippen molar-refractivity contribution in [2.45, 2.75) is 24.2 Å². The molecule has 26 heavy (non-hydrogen) atoms. The van der Waals surface area contributed by atoms with Gasteiger partial charge in [0.25, 0.3) is 5.91 Å². The predicted octanol–water partition coefficient (Wildman–Crippen LogP) is 3.91. The van der Waals surface area contributed by atoms with E-state index in [-0.39, 0.29) is 21.2 Å². The maximum Gasteiger partial charge on any atom is 0.257 e. The fourth-order valence-corrected chi connectivity index (χ4v) is 4.59. The molecule has 0 bridgehead atoms. The van der Waals surface area contributed by atoms with Crippen molar-refractivity contribution in [2.75, 3.05) is 18.4 Å². The lowest BCUT2D eigenvalue weighted by atomic mass is 10.2. The smallest absolute Gasteiger partial charge is 0.257 e. The molecular formula is C18H18ClFN2O3S. The maximum absolute atomic E-state index is 13.7. The number of nitrogens with zero attached hydrogens (tertiary/aromatic N) is 1. The molecule has 0 aromatic heterocycles. The van der Waals surface area contributed by atoms with E-state index in [0.29, 0.717) is 13.1 Å². The van der Waals surface area contributed by atoms with Gasteiger partial charge in [-0.25, -0.2) is 12.8 Å². The summed E-state index contributed by atoms with van der Waals surface area (Å²) in [5.74, 6) is -1.26. The van der Waals surface area contributed by atoms with Crippen LogP contribution in [0.15, 0.2) is 47.4 Å². The number of amides is 1. The lowest BCUT2D eigenvalue weighted by Gasteiger charge is -2.26. The molecule has 1 N–H and O–H groups in total. The number of para-hydroxylation sites is 1. The first-order chi connectivity index (χ1) is 12.4. The summed E-state index contributed by atoms with van der Waals surface area (Å²) in [7, 11) is -3.70. The first kappa shape index (κ1) is 18.8. The number of anilines is 1. The van der Waals surface area contributed by atoms with Gasteiger partial charge in [0.1, 0.15) is 5.82 Å². The Balaban J connectivity index is 1.90. The van der Waals surface area contributed by atoms with E-state index in [1.165, 1.54) is 40.7 Å². The van der Waals surface area contributed by atoms with Crippen molar-refractivity contribution in [1.82, 2.24) is 4.31 Å². The van der Waals surface area contributed by atoms with Gasteiger partial charge >= 0.3 is 0 Å². The van der Waals surface area contributed by atoms with Crippen LogP contribution in [0.5, 0.6) is 0 Å². The summed E-state index contributed by atoms with van der Waals surface area (Å²) >= 11 is 6.07. The predicted molar refractivity (Wildman–Crippen MR) is 98.4 cm³/mol. The Morgan fingerprint density at radius 3 is 2.46 bits per heavy atom. The van der Waals surface area contributed by atoms with Crippen molar-refractivity contribution in [3.63, 3.8) is 0 Å². The molecule has 1 amide bonds. The van der Waals surface area contributed by atoms with Crippen LogP contribution < -0.4 is 5.32 Å². The lowest BCUT2D eigenvalue weighted by Crippen LogP contribution is -2.35. The van der Waals surface area contributed by atoms with Crippen LogP contribution in [0.2, 0.25) is 5.02 Å². The highest BCUT2D eigenvalue weighted by molar-refractivity contribution is 7.89. The summed E-state index contributed by atoms with van der Waals surface area (Å²) in [6.07, 6.45) is 2.63. The molecular weight excluding hydrogens is 379 g/mol. The van der Waals surface area contributed by atoms with Crippen molar-refractivity contribution in [2.24, 2.45) is 0 Å². The molecule has 2 aromatic rings. The third-order valence-electron chi connectivity index (χ3n) is 4.26. The van der Waals surface area contributed by atoms with Crippen LogP contribution in [0.3, 0.4) is 0 Å². The largest absolute Gasteiger partial charge is 0.319 e. The summed E-state index contributed by atoms with van der Waals surface area (Å²) < 4.78 is 40.7. The SMILES string of the molecule is O=C(Nc1ccccc1F)c1cc(S(=O)(=O)N2CCCCC2)ccc1Cl. The molecule has 1 fully saturated rings. The Hall–Kier alpha value is -1.96. The lowest BCUT2D eigenvalue weighted by molar-refractivity contribution is 0.102. The molecule has 1 aliphatic rings. The van der Waals surface area contributed by atoms with Gasteiger partial charge in [0, 0.05) is 13.1 Å². The third-order valence-corrected chi connectivity index (χ3v) is 6.48. The van der Waals surface area contributed by atoms with E-state index in [2.05, 4.69) is 5.32 Å². The fraction of sp³-hybridized carbons (Fsp3) is 0.278. The molecule has 5 nitrogen and oxygen atoms in total. The van der Waals surface area contributed by atoms with Gasteiger partial charge in [0.2, 0.25) is 10.0 Å². The van der Waals surface area contributed by atoms with Crippen molar-refractivity contribution in [3.05, 3.63) is 58.9 Å². The number of benzene rings is 2. The number of carbonyl (C=O) groups is 1. The molecule has 1 heterocycles. The molecule has 138 valence electrons. The van der Waals surface area contributed by atoms with E-state index in [9.17, 15) is 17.6 Å². The minimum atomic E-state index is -3.70. The molecule has 3 rings (SSSR count). The van der Waals surface area contributed by atoms with Crippen LogP contribution in [0.4, 0.5) is 10.1 Å². The Morgan fingerprint density at radius 2 is 1.77 bits per heavy atom. The Labute approximate surface area is 156 Å². The number of sulfonamides is 1. The summed E-state index contributed by atoms with van der Waals surface area (Å²) in [6, 6.07) is 9.70. The zero-order chi connectivity index (χ0) is 18.7. The summed E-state index contributed by atoms with van der Waals surface area (Å²) in [5, 5.41) is 2.51. The zero-order valence-electron chi connectivity index (χ0n) is 13.9. The van der Waals surface area contributed by atoms with E-state index >= 15 is 0 Å². The quantitative estimate of drug-likeness (QED) is 0.852. The van der Waals surface area contributed by atoms with Crippen molar-refractivity contribution >= 4 is 33.2 Å². The maximum atomic E-state index is 13.7. The second-order valence-corrected chi connectivity index (χ2v) is 8.39. The van der Waals surface area contributed by atoms with E-state index in [1.807, 2.05) is 0 Å². The number of carbonyl (C=O) groups excluding carboxylic acids is 1. The van der Waals surface area contributed by atoms with Crippen molar-refractivity contribution < 1.29 is 17.6 Å².